The monoisotopic (exact) mass is 242 g/mol. The summed E-state index contributed by atoms with van der Waals surface area (Å²) >= 11 is 0. The standard InChI is InChI=1S/C12H22N2O3/c1-3-13-8-9(2)11(17)14-12(5-4-6-12)7-10(15)16/h9,13H,3-8H2,1-2H3,(H,14,17)(H,15,16). The van der Waals surface area contributed by atoms with E-state index >= 15 is 0 Å². The van der Waals surface area contributed by atoms with Gasteiger partial charge >= 0.3 is 5.97 Å². The Morgan fingerprint density at radius 1 is 1.41 bits per heavy atom. The molecule has 1 atom stereocenters. The van der Waals surface area contributed by atoms with Crippen molar-refractivity contribution in [1.82, 2.24) is 10.6 Å². The summed E-state index contributed by atoms with van der Waals surface area (Å²) in [5.74, 6) is -1.02. The number of amides is 1. The summed E-state index contributed by atoms with van der Waals surface area (Å²) in [5, 5.41) is 14.9. The number of carbonyl (C=O) groups is 2. The summed E-state index contributed by atoms with van der Waals surface area (Å²) in [4.78, 5) is 22.7. The highest BCUT2D eigenvalue weighted by Crippen LogP contribution is 2.35. The largest absolute Gasteiger partial charge is 0.481 e. The van der Waals surface area contributed by atoms with Crippen LogP contribution in [0.5, 0.6) is 0 Å². The van der Waals surface area contributed by atoms with Crippen molar-refractivity contribution in [3.05, 3.63) is 0 Å². The highest BCUT2D eigenvalue weighted by atomic mass is 16.4. The minimum Gasteiger partial charge on any atom is -0.481 e. The van der Waals surface area contributed by atoms with Gasteiger partial charge in [-0.1, -0.05) is 13.8 Å². The van der Waals surface area contributed by atoms with Crippen molar-refractivity contribution >= 4 is 11.9 Å². The fourth-order valence-electron chi connectivity index (χ4n) is 2.08. The lowest BCUT2D eigenvalue weighted by Crippen LogP contribution is -2.56. The van der Waals surface area contributed by atoms with Crippen molar-refractivity contribution in [2.24, 2.45) is 5.92 Å². The molecular formula is C12H22N2O3. The van der Waals surface area contributed by atoms with Crippen LogP contribution in [0, 0.1) is 5.92 Å². The zero-order valence-electron chi connectivity index (χ0n) is 10.6. The Morgan fingerprint density at radius 2 is 2.06 bits per heavy atom. The van der Waals surface area contributed by atoms with Gasteiger partial charge in [-0.2, -0.15) is 0 Å². The number of carbonyl (C=O) groups excluding carboxylic acids is 1. The maximum Gasteiger partial charge on any atom is 0.305 e. The number of rotatable bonds is 7. The van der Waals surface area contributed by atoms with E-state index in [0.29, 0.717) is 6.54 Å². The molecule has 1 saturated carbocycles. The van der Waals surface area contributed by atoms with E-state index in [0.717, 1.165) is 25.8 Å². The quantitative estimate of drug-likeness (QED) is 0.615. The van der Waals surface area contributed by atoms with Gasteiger partial charge in [-0.3, -0.25) is 9.59 Å². The number of carboxylic acids is 1. The van der Waals surface area contributed by atoms with Gasteiger partial charge in [-0.15, -0.1) is 0 Å². The molecule has 1 unspecified atom stereocenters. The predicted octanol–water partition coefficient (Wildman–Crippen LogP) is 0.746. The first-order valence-corrected chi connectivity index (χ1v) is 6.23. The second-order valence-electron chi connectivity index (χ2n) is 4.90. The zero-order valence-corrected chi connectivity index (χ0v) is 10.6. The number of aliphatic carboxylic acids is 1. The molecule has 0 aromatic carbocycles. The number of carboxylic acid groups (broad SMARTS) is 1. The molecule has 0 saturated heterocycles. The lowest BCUT2D eigenvalue weighted by molar-refractivity contribution is -0.140. The van der Waals surface area contributed by atoms with Gasteiger partial charge in [-0.25, -0.2) is 0 Å². The molecule has 0 bridgehead atoms. The molecule has 17 heavy (non-hydrogen) atoms. The molecule has 0 aromatic rings. The van der Waals surface area contributed by atoms with Crippen molar-refractivity contribution < 1.29 is 14.7 Å². The molecule has 1 rings (SSSR count). The van der Waals surface area contributed by atoms with E-state index in [1.807, 2.05) is 13.8 Å². The summed E-state index contributed by atoms with van der Waals surface area (Å²) in [6.45, 7) is 5.30. The molecule has 1 fully saturated rings. The normalized spacial score (nSPS) is 19.2. The van der Waals surface area contributed by atoms with Crippen molar-refractivity contribution in [2.75, 3.05) is 13.1 Å². The molecule has 1 aliphatic rings. The van der Waals surface area contributed by atoms with E-state index in [1.54, 1.807) is 0 Å². The van der Waals surface area contributed by atoms with Gasteiger partial charge in [0.1, 0.15) is 0 Å². The van der Waals surface area contributed by atoms with Gasteiger partial charge in [0.25, 0.3) is 0 Å². The minimum absolute atomic E-state index is 0.0344. The Hall–Kier alpha value is -1.10. The second-order valence-corrected chi connectivity index (χ2v) is 4.90. The first-order chi connectivity index (χ1) is 7.99. The van der Waals surface area contributed by atoms with Gasteiger partial charge in [-0.05, 0) is 25.8 Å². The highest BCUT2D eigenvalue weighted by Gasteiger charge is 2.40. The van der Waals surface area contributed by atoms with Gasteiger partial charge < -0.3 is 15.7 Å². The molecule has 0 heterocycles. The van der Waals surface area contributed by atoms with Crippen LogP contribution in [0.25, 0.3) is 0 Å². The Bertz CT molecular complexity index is 287. The third-order valence-corrected chi connectivity index (χ3v) is 3.34. The van der Waals surface area contributed by atoms with E-state index in [-0.39, 0.29) is 18.2 Å². The molecule has 98 valence electrons. The fourth-order valence-corrected chi connectivity index (χ4v) is 2.08. The summed E-state index contributed by atoms with van der Waals surface area (Å²) in [7, 11) is 0. The first kappa shape index (κ1) is 14.0. The Labute approximate surface area is 102 Å². The molecule has 0 radical (unpaired) electrons. The lowest BCUT2D eigenvalue weighted by Gasteiger charge is -2.42. The maximum absolute atomic E-state index is 11.9. The average Bonchev–Trinajstić information content (AvgIpc) is 2.21. The third kappa shape index (κ3) is 4.00. The van der Waals surface area contributed by atoms with E-state index in [2.05, 4.69) is 10.6 Å². The molecule has 5 nitrogen and oxygen atoms in total. The summed E-state index contributed by atoms with van der Waals surface area (Å²) < 4.78 is 0. The molecule has 3 N–H and O–H groups in total. The fraction of sp³-hybridized carbons (Fsp3) is 0.833. The number of hydrogen-bond donors (Lipinski definition) is 3. The van der Waals surface area contributed by atoms with Crippen LogP contribution in [-0.2, 0) is 9.59 Å². The molecule has 1 amide bonds. The van der Waals surface area contributed by atoms with Crippen LogP contribution >= 0.6 is 0 Å². The first-order valence-electron chi connectivity index (χ1n) is 6.23. The van der Waals surface area contributed by atoms with Crippen molar-refractivity contribution in [3.8, 4) is 0 Å². The van der Waals surface area contributed by atoms with E-state index in [9.17, 15) is 9.59 Å². The third-order valence-electron chi connectivity index (χ3n) is 3.34. The smallest absolute Gasteiger partial charge is 0.305 e. The van der Waals surface area contributed by atoms with Crippen LogP contribution in [0.15, 0.2) is 0 Å². The van der Waals surface area contributed by atoms with Crippen LogP contribution in [0.4, 0.5) is 0 Å². The Morgan fingerprint density at radius 3 is 2.47 bits per heavy atom. The molecule has 5 heteroatoms. The summed E-state index contributed by atoms with van der Waals surface area (Å²) in [5.41, 5.74) is -0.483. The SMILES string of the molecule is CCNCC(C)C(=O)NC1(CC(=O)O)CCC1. The predicted molar refractivity (Wildman–Crippen MR) is 64.7 cm³/mol. The van der Waals surface area contributed by atoms with Gasteiger partial charge in [0.15, 0.2) is 0 Å². The molecule has 1 aliphatic carbocycles. The summed E-state index contributed by atoms with van der Waals surface area (Å²) in [6.07, 6.45) is 2.58. The second kappa shape index (κ2) is 6.00. The molecule has 0 aliphatic heterocycles. The maximum atomic E-state index is 11.9. The van der Waals surface area contributed by atoms with Gasteiger partial charge in [0, 0.05) is 12.5 Å². The van der Waals surface area contributed by atoms with E-state index in [4.69, 9.17) is 5.11 Å². The Balaban J connectivity index is 2.45. The van der Waals surface area contributed by atoms with Crippen LogP contribution in [0.3, 0.4) is 0 Å². The highest BCUT2D eigenvalue weighted by molar-refractivity contribution is 5.80. The van der Waals surface area contributed by atoms with Gasteiger partial charge in [0.05, 0.1) is 12.0 Å². The van der Waals surface area contributed by atoms with Crippen LogP contribution < -0.4 is 10.6 Å². The van der Waals surface area contributed by atoms with Crippen LogP contribution in [0.1, 0.15) is 39.5 Å². The zero-order chi connectivity index (χ0) is 12.9. The van der Waals surface area contributed by atoms with Gasteiger partial charge in [0.2, 0.25) is 5.91 Å². The van der Waals surface area contributed by atoms with Crippen molar-refractivity contribution in [3.63, 3.8) is 0 Å². The molecule has 0 aromatic heterocycles. The molecular weight excluding hydrogens is 220 g/mol. The number of nitrogens with one attached hydrogen (secondary N) is 2. The average molecular weight is 242 g/mol. The van der Waals surface area contributed by atoms with Crippen LogP contribution in [-0.4, -0.2) is 35.6 Å². The van der Waals surface area contributed by atoms with E-state index in [1.165, 1.54) is 0 Å². The van der Waals surface area contributed by atoms with E-state index < -0.39 is 11.5 Å². The molecule has 0 spiro atoms. The van der Waals surface area contributed by atoms with Crippen LogP contribution in [0.2, 0.25) is 0 Å². The topological polar surface area (TPSA) is 78.4 Å². The minimum atomic E-state index is -0.843. The number of hydrogen-bond acceptors (Lipinski definition) is 3. The Kier molecular flexibility index (Phi) is 4.93. The lowest BCUT2D eigenvalue weighted by atomic mass is 9.74. The summed E-state index contributed by atoms with van der Waals surface area (Å²) in [6, 6.07) is 0. The van der Waals surface area contributed by atoms with Crippen molar-refractivity contribution in [1.29, 1.82) is 0 Å². The van der Waals surface area contributed by atoms with Crippen molar-refractivity contribution in [2.45, 2.75) is 45.1 Å².